The van der Waals surface area contributed by atoms with E-state index < -0.39 is 5.60 Å². The molecule has 3 rings (SSSR count). The van der Waals surface area contributed by atoms with E-state index in [9.17, 15) is 4.79 Å². The molecule has 0 bridgehead atoms. The van der Waals surface area contributed by atoms with Gasteiger partial charge in [-0.05, 0) is 37.9 Å². The Hall–Kier alpha value is -1.10. The van der Waals surface area contributed by atoms with Crippen molar-refractivity contribution < 1.29 is 9.53 Å². The maximum Gasteiger partial charge on any atom is 0.254 e. The highest BCUT2D eigenvalue weighted by Gasteiger charge is 2.44. The van der Waals surface area contributed by atoms with E-state index >= 15 is 0 Å². The number of likely N-dealkylation sites (tertiary alicyclic amines) is 1. The van der Waals surface area contributed by atoms with Gasteiger partial charge in [-0.15, -0.1) is 12.4 Å². The van der Waals surface area contributed by atoms with Crippen LogP contribution in [0.5, 0.6) is 0 Å². The average Bonchev–Trinajstić information content (AvgIpc) is 3.05. The molecule has 122 valence electrons. The smallest absolute Gasteiger partial charge is 0.254 e. The van der Waals surface area contributed by atoms with Crippen LogP contribution in [0.25, 0.3) is 0 Å². The lowest BCUT2D eigenvalue weighted by molar-refractivity contribution is -0.157. The zero-order chi connectivity index (χ0) is 14.7. The van der Waals surface area contributed by atoms with E-state index in [0.717, 1.165) is 45.4 Å². The maximum atomic E-state index is 12.9. The minimum atomic E-state index is -0.600. The molecule has 0 aromatic heterocycles. The molecule has 4 nitrogen and oxygen atoms in total. The van der Waals surface area contributed by atoms with Gasteiger partial charge < -0.3 is 15.0 Å². The van der Waals surface area contributed by atoms with E-state index in [0.29, 0.717) is 5.92 Å². The Morgan fingerprint density at radius 2 is 1.95 bits per heavy atom. The van der Waals surface area contributed by atoms with Gasteiger partial charge in [0.05, 0.1) is 0 Å². The number of nitrogens with zero attached hydrogens (tertiary/aromatic N) is 1. The third-order valence-electron chi connectivity index (χ3n) is 4.94. The van der Waals surface area contributed by atoms with Gasteiger partial charge in [-0.25, -0.2) is 0 Å². The fraction of sp³-hybridized carbons (Fsp3) is 0.588. The van der Waals surface area contributed by atoms with Crippen LogP contribution < -0.4 is 5.32 Å². The molecule has 2 saturated heterocycles. The summed E-state index contributed by atoms with van der Waals surface area (Å²) < 4.78 is 5.66. The van der Waals surface area contributed by atoms with Crippen molar-refractivity contribution in [2.75, 3.05) is 33.3 Å². The van der Waals surface area contributed by atoms with Crippen LogP contribution in [0.1, 0.15) is 30.7 Å². The van der Waals surface area contributed by atoms with Gasteiger partial charge in [-0.2, -0.15) is 0 Å². The van der Waals surface area contributed by atoms with E-state index in [1.165, 1.54) is 5.56 Å². The molecule has 1 aromatic rings. The van der Waals surface area contributed by atoms with Gasteiger partial charge in [0, 0.05) is 26.1 Å². The minimum Gasteiger partial charge on any atom is -0.368 e. The molecule has 2 heterocycles. The van der Waals surface area contributed by atoms with Crippen LogP contribution in [0, 0.1) is 0 Å². The van der Waals surface area contributed by atoms with E-state index in [2.05, 4.69) is 29.6 Å². The summed E-state index contributed by atoms with van der Waals surface area (Å²) in [4.78, 5) is 14.9. The van der Waals surface area contributed by atoms with Gasteiger partial charge in [-0.3, -0.25) is 4.79 Å². The fourth-order valence-electron chi connectivity index (χ4n) is 3.57. The third kappa shape index (κ3) is 3.29. The van der Waals surface area contributed by atoms with Crippen LogP contribution in [0.3, 0.4) is 0 Å². The van der Waals surface area contributed by atoms with Gasteiger partial charge in [0.15, 0.2) is 0 Å². The highest BCUT2D eigenvalue weighted by atomic mass is 35.5. The number of rotatable bonds is 3. The molecule has 1 N–H and O–H groups in total. The predicted octanol–water partition coefficient (Wildman–Crippen LogP) is 2.19. The van der Waals surface area contributed by atoms with Crippen molar-refractivity contribution in [1.82, 2.24) is 10.2 Å². The fourth-order valence-corrected chi connectivity index (χ4v) is 3.57. The first-order valence-electron chi connectivity index (χ1n) is 7.85. The average molecular weight is 325 g/mol. The predicted molar refractivity (Wildman–Crippen MR) is 89.5 cm³/mol. The van der Waals surface area contributed by atoms with Crippen LogP contribution in [0.2, 0.25) is 0 Å². The number of carbonyl (C=O) groups is 1. The van der Waals surface area contributed by atoms with Crippen LogP contribution in [0.15, 0.2) is 30.3 Å². The molecule has 0 spiro atoms. The van der Waals surface area contributed by atoms with Crippen LogP contribution in [0.4, 0.5) is 0 Å². The zero-order valence-electron chi connectivity index (χ0n) is 13.1. The van der Waals surface area contributed by atoms with Gasteiger partial charge in [0.25, 0.3) is 5.91 Å². The van der Waals surface area contributed by atoms with Crippen molar-refractivity contribution in [3.63, 3.8) is 0 Å². The van der Waals surface area contributed by atoms with E-state index in [1.807, 2.05) is 11.0 Å². The first kappa shape index (κ1) is 17.3. The second-order valence-electron chi connectivity index (χ2n) is 6.10. The van der Waals surface area contributed by atoms with Crippen LogP contribution >= 0.6 is 12.4 Å². The molecule has 0 saturated carbocycles. The van der Waals surface area contributed by atoms with Gasteiger partial charge in [-0.1, -0.05) is 30.3 Å². The van der Waals surface area contributed by atoms with E-state index in [4.69, 9.17) is 4.74 Å². The Balaban J connectivity index is 0.00000176. The molecular formula is C17H25ClN2O2. The number of hydrogen-bond donors (Lipinski definition) is 1. The van der Waals surface area contributed by atoms with Gasteiger partial charge >= 0.3 is 0 Å². The standard InChI is InChI=1S/C17H24N2O2.ClH/c1-21-17(8-10-18-11-9-17)16(20)19-12-7-15(13-19)14-5-3-2-4-6-14;/h2-6,15,18H,7-13H2,1H3;1H. The largest absolute Gasteiger partial charge is 0.368 e. The molecule has 22 heavy (non-hydrogen) atoms. The summed E-state index contributed by atoms with van der Waals surface area (Å²) in [6, 6.07) is 10.5. The minimum absolute atomic E-state index is 0. The van der Waals surface area contributed by atoms with Gasteiger partial charge in [0.2, 0.25) is 0 Å². The number of methoxy groups -OCH3 is 1. The van der Waals surface area contributed by atoms with Gasteiger partial charge in [0.1, 0.15) is 5.60 Å². The molecule has 5 heteroatoms. The highest BCUT2D eigenvalue weighted by molar-refractivity contribution is 5.86. The lowest BCUT2D eigenvalue weighted by atomic mass is 9.90. The number of ether oxygens (including phenoxy) is 1. The first-order chi connectivity index (χ1) is 10.2. The molecule has 2 fully saturated rings. The van der Waals surface area contributed by atoms with Crippen molar-refractivity contribution in [1.29, 1.82) is 0 Å². The Kier molecular flexibility index (Phi) is 5.84. The Morgan fingerprint density at radius 3 is 2.59 bits per heavy atom. The second-order valence-corrected chi connectivity index (χ2v) is 6.10. The second kappa shape index (κ2) is 7.44. The number of halogens is 1. The molecule has 0 radical (unpaired) electrons. The first-order valence-corrected chi connectivity index (χ1v) is 7.85. The lowest BCUT2D eigenvalue weighted by Gasteiger charge is -2.37. The number of benzene rings is 1. The van der Waals surface area contributed by atoms with Crippen LogP contribution in [-0.2, 0) is 9.53 Å². The van der Waals surface area contributed by atoms with Crippen molar-refractivity contribution in [3.05, 3.63) is 35.9 Å². The number of carbonyl (C=O) groups excluding carboxylic acids is 1. The molecule has 2 aliphatic heterocycles. The summed E-state index contributed by atoms with van der Waals surface area (Å²) in [6.45, 7) is 3.38. The summed E-state index contributed by atoms with van der Waals surface area (Å²) in [5.74, 6) is 0.649. The maximum absolute atomic E-state index is 12.9. The molecule has 1 aromatic carbocycles. The van der Waals surface area contributed by atoms with Crippen molar-refractivity contribution in [2.45, 2.75) is 30.8 Å². The molecule has 0 aliphatic carbocycles. The number of amides is 1. The number of piperidine rings is 1. The summed E-state index contributed by atoms with van der Waals surface area (Å²) in [7, 11) is 1.67. The Morgan fingerprint density at radius 1 is 1.27 bits per heavy atom. The molecule has 1 unspecified atom stereocenters. The van der Waals surface area contributed by atoms with Crippen molar-refractivity contribution >= 4 is 18.3 Å². The molecule has 1 amide bonds. The summed E-state index contributed by atoms with van der Waals surface area (Å²) in [5, 5.41) is 3.30. The molecule has 2 aliphatic rings. The third-order valence-corrected chi connectivity index (χ3v) is 4.94. The summed E-state index contributed by atoms with van der Waals surface area (Å²) >= 11 is 0. The Bertz CT molecular complexity index is 489. The highest BCUT2D eigenvalue weighted by Crippen LogP contribution is 2.32. The number of hydrogen-bond acceptors (Lipinski definition) is 3. The van der Waals surface area contributed by atoms with Crippen LogP contribution in [-0.4, -0.2) is 49.7 Å². The van der Waals surface area contributed by atoms with Crippen molar-refractivity contribution in [2.24, 2.45) is 0 Å². The zero-order valence-corrected chi connectivity index (χ0v) is 13.9. The lowest BCUT2D eigenvalue weighted by Crippen LogP contribution is -2.54. The summed E-state index contributed by atoms with van der Waals surface area (Å²) in [6.07, 6.45) is 2.59. The monoisotopic (exact) mass is 324 g/mol. The summed E-state index contributed by atoms with van der Waals surface area (Å²) in [5.41, 5.74) is 0.737. The number of nitrogens with one attached hydrogen (secondary N) is 1. The van der Waals surface area contributed by atoms with Crippen molar-refractivity contribution in [3.8, 4) is 0 Å². The Labute approximate surface area is 138 Å². The SMILES string of the molecule is COC1(C(=O)N2CCC(c3ccccc3)C2)CCNCC1.Cl. The molecule has 1 atom stereocenters. The topological polar surface area (TPSA) is 41.6 Å². The molecular weight excluding hydrogens is 300 g/mol. The van der Waals surface area contributed by atoms with E-state index in [1.54, 1.807) is 7.11 Å². The normalized spacial score (nSPS) is 23.9. The quantitative estimate of drug-likeness (QED) is 0.926. The van der Waals surface area contributed by atoms with E-state index in [-0.39, 0.29) is 18.3 Å².